The predicted molar refractivity (Wildman–Crippen MR) is 143 cm³/mol. The minimum absolute atomic E-state index is 0.000948. The van der Waals surface area contributed by atoms with E-state index in [1.165, 1.54) is 29.5 Å². The van der Waals surface area contributed by atoms with Gasteiger partial charge in [0.25, 0.3) is 5.56 Å². The zero-order valence-electron chi connectivity index (χ0n) is 21.6. The second-order valence-electron chi connectivity index (χ2n) is 10.1. The van der Waals surface area contributed by atoms with Crippen LogP contribution in [0.2, 0.25) is 0 Å². The lowest BCUT2D eigenvalue weighted by Gasteiger charge is -2.31. The molecule has 1 aliphatic carbocycles. The van der Waals surface area contributed by atoms with Crippen LogP contribution in [0.3, 0.4) is 0 Å². The van der Waals surface area contributed by atoms with Gasteiger partial charge < -0.3 is 4.98 Å². The molecule has 0 radical (unpaired) electrons. The Labute approximate surface area is 212 Å². The maximum absolute atomic E-state index is 13.2. The van der Waals surface area contributed by atoms with Crippen molar-refractivity contribution in [3.63, 3.8) is 0 Å². The highest BCUT2D eigenvalue weighted by molar-refractivity contribution is 5.79. The Hall–Kier alpha value is -3.32. The van der Waals surface area contributed by atoms with Crippen molar-refractivity contribution < 1.29 is 0 Å². The molecule has 7 nitrogen and oxygen atoms in total. The number of rotatable bonds is 9. The monoisotopic (exact) mass is 484 g/mol. The zero-order chi connectivity index (χ0) is 25.1. The summed E-state index contributed by atoms with van der Waals surface area (Å²) in [7, 11) is 0. The van der Waals surface area contributed by atoms with E-state index in [-0.39, 0.29) is 11.6 Å². The highest BCUT2D eigenvalue weighted by Gasteiger charge is 2.29. The molecule has 1 atom stereocenters. The van der Waals surface area contributed by atoms with Crippen LogP contribution in [0.4, 0.5) is 0 Å². The number of fused-ring (bicyclic) bond motifs is 1. The number of pyridine rings is 1. The number of H-pyrrole nitrogens is 1. The van der Waals surface area contributed by atoms with Crippen LogP contribution in [-0.4, -0.2) is 30.1 Å². The molecule has 0 amide bonds. The fourth-order valence-corrected chi connectivity index (χ4v) is 5.49. The maximum Gasteiger partial charge on any atom is 0.252 e. The summed E-state index contributed by atoms with van der Waals surface area (Å²) in [5.41, 5.74) is 5.32. The Morgan fingerprint density at radius 2 is 1.78 bits per heavy atom. The van der Waals surface area contributed by atoms with Gasteiger partial charge in [0.2, 0.25) is 0 Å². The molecule has 1 N–H and O–H groups in total. The summed E-state index contributed by atoms with van der Waals surface area (Å²) in [6.45, 7) is 7.66. The van der Waals surface area contributed by atoms with E-state index in [9.17, 15) is 4.79 Å². The molecule has 0 spiro atoms. The van der Waals surface area contributed by atoms with E-state index < -0.39 is 0 Å². The maximum atomic E-state index is 13.2. The Morgan fingerprint density at radius 1 is 1.03 bits per heavy atom. The lowest BCUT2D eigenvalue weighted by molar-refractivity contribution is 0.158. The number of aryl methyl sites for hydroxylation is 2. The summed E-state index contributed by atoms with van der Waals surface area (Å²) in [6.07, 6.45) is 6.50. The molecule has 2 heterocycles. The second-order valence-corrected chi connectivity index (χ2v) is 10.1. The topological polar surface area (TPSA) is 79.7 Å². The van der Waals surface area contributed by atoms with Crippen molar-refractivity contribution in [2.45, 2.75) is 84.5 Å². The van der Waals surface area contributed by atoms with Gasteiger partial charge in [0, 0.05) is 24.2 Å². The Morgan fingerprint density at radius 3 is 2.50 bits per heavy atom. The summed E-state index contributed by atoms with van der Waals surface area (Å²) in [4.78, 5) is 18.6. The number of nitrogens with zero attached hydrogens (tertiary/aromatic N) is 5. The number of aromatic nitrogens is 5. The number of aromatic amines is 1. The van der Waals surface area contributed by atoms with E-state index >= 15 is 0 Å². The van der Waals surface area contributed by atoms with Crippen molar-refractivity contribution in [3.8, 4) is 0 Å². The fourth-order valence-electron chi connectivity index (χ4n) is 5.49. The Balaban J connectivity index is 1.53. The van der Waals surface area contributed by atoms with Crippen LogP contribution in [0.15, 0.2) is 53.3 Å². The second kappa shape index (κ2) is 10.7. The van der Waals surface area contributed by atoms with Crippen LogP contribution in [-0.2, 0) is 19.5 Å². The molecule has 1 saturated carbocycles. The largest absolute Gasteiger partial charge is 0.322 e. The summed E-state index contributed by atoms with van der Waals surface area (Å²) in [5, 5.41) is 14.1. The molecule has 2 aromatic carbocycles. The van der Waals surface area contributed by atoms with Gasteiger partial charge in [-0.3, -0.25) is 9.69 Å². The number of nitrogens with one attached hydrogen (secondary N) is 1. The van der Waals surface area contributed by atoms with Gasteiger partial charge >= 0.3 is 0 Å². The van der Waals surface area contributed by atoms with Gasteiger partial charge in [-0.15, -0.1) is 5.10 Å². The zero-order valence-corrected chi connectivity index (χ0v) is 21.6. The molecule has 0 saturated heterocycles. The summed E-state index contributed by atoms with van der Waals surface area (Å²) in [5.74, 6) is 0.905. The first-order valence-electron chi connectivity index (χ1n) is 13.3. The van der Waals surface area contributed by atoms with Crippen molar-refractivity contribution in [1.29, 1.82) is 0 Å². The molecule has 2 aromatic heterocycles. The van der Waals surface area contributed by atoms with Crippen LogP contribution < -0.4 is 5.56 Å². The molecule has 5 rings (SSSR count). The van der Waals surface area contributed by atoms with Crippen LogP contribution in [0.5, 0.6) is 0 Å². The normalized spacial score (nSPS) is 15.2. The molecule has 0 unspecified atom stereocenters. The minimum atomic E-state index is -0.0362. The summed E-state index contributed by atoms with van der Waals surface area (Å²) < 4.78 is 2.06. The summed E-state index contributed by atoms with van der Waals surface area (Å²) >= 11 is 0. The van der Waals surface area contributed by atoms with Gasteiger partial charge in [-0.1, -0.05) is 62.6 Å². The van der Waals surface area contributed by atoms with E-state index in [0.29, 0.717) is 19.1 Å². The van der Waals surface area contributed by atoms with Crippen LogP contribution >= 0.6 is 0 Å². The number of benzene rings is 2. The average molecular weight is 485 g/mol. The molecule has 188 valence electrons. The van der Waals surface area contributed by atoms with Gasteiger partial charge in [0.05, 0.1) is 12.1 Å². The van der Waals surface area contributed by atoms with Crippen molar-refractivity contribution >= 4 is 10.9 Å². The molecule has 0 bridgehead atoms. The molecular weight excluding hydrogens is 448 g/mol. The minimum Gasteiger partial charge on any atom is -0.322 e. The van der Waals surface area contributed by atoms with E-state index in [0.717, 1.165) is 48.0 Å². The third-order valence-corrected chi connectivity index (χ3v) is 7.59. The quantitative estimate of drug-likeness (QED) is 0.332. The SMILES string of the molecule is CCc1ccc2[nH]c(=O)c(CN(Cc3ccc(C)cc3)[C@H](CC)c3nnnn3C3CCCC3)cc2c1. The smallest absolute Gasteiger partial charge is 0.252 e. The van der Waals surface area contributed by atoms with Gasteiger partial charge in [-0.2, -0.15) is 0 Å². The predicted octanol–water partition coefficient (Wildman–Crippen LogP) is 5.65. The Kier molecular flexibility index (Phi) is 7.28. The van der Waals surface area contributed by atoms with Crippen molar-refractivity contribution in [2.75, 3.05) is 0 Å². The fraction of sp³-hybridized carbons (Fsp3) is 0.448. The van der Waals surface area contributed by atoms with E-state index in [2.05, 4.69) is 93.3 Å². The lowest BCUT2D eigenvalue weighted by atomic mass is 10.0. The molecule has 4 aromatic rings. The molecule has 0 aliphatic heterocycles. The van der Waals surface area contributed by atoms with Crippen LogP contribution in [0.25, 0.3) is 10.9 Å². The van der Waals surface area contributed by atoms with Crippen molar-refractivity contribution in [2.24, 2.45) is 0 Å². The molecular formula is C29H36N6O. The van der Waals surface area contributed by atoms with Crippen LogP contribution in [0.1, 0.15) is 86.1 Å². The van der Waals surface area contributed by atoms with Gasteiger partial charge in [-0.05, 0) is 77.7 Å². The Bertz CT molecular complexity index is 1370. The highest BCUT2D eigenvalue weighted by Crippen LogP contribution is 2.33. The van der Waals surface area contributed by atoms with E-state index in [1.807, 2.05) is 6.07 Å². The third-order valence-electron chi connectivity index (χ3n) is 7.59. The average Bonchev–Trinajstić information content (AvgIpc) is 3.58. The van der Waals surface area contributed by atoms with Gasteiger partial charge in [0.1, 0.15) is 0 Å². The van der Waals surface area contributed by atoms with Crippen LogP contribution in [0, 0.1) is 6.92 Å². The highest BCUT2D eigenvalue weighted by atomic mass is 16.1. The lowest BCUT2D eigenvalue weighted by Crippen LogP contribution is -2.32. The van der Waals surface area contributed by atoms with E-state index in [4.69, 9.17) is 0 Å². The molecule has 1 aliphatic rings. The first kappa shape index (κ1) is 24.4. The first-order chi connectivity index (χ1) is 17.6. The van der Waals surface area contributed by atoms with E-state index in [1.54, 1.807) is 0 Å². The van der Waals surface area contributed by atoms with Gasteiger partial charge in [-0.25, -0.2) is 4.68 Å². The summed E-state index contributed by atoms with van der Waals surface area (Å²) in [6, 6.07) is 17.3. The first-order valence-corrected chi connectivity index (χ1v) is 13.3. The third kappa shape index (κ3) is 5.12. The molecule has 1 fully saturated rings. The van der Waals surface area contributed by atoms with Gasteiger partial charge in [0.15, 0.2) is 5.82 Å². The number of tetrazole rings is 1. The number of hydrogen-bond acceptors (Lipinski definition) is 5. The molecule has 7 heteroatoms. The number of hydrogen-bond donors (Lipinski definition) is 1. The van der Waals surface area contributed by atoms with Crippen molar-refractivity contribution in [1.82, 2.24) is 30.1 Å². The standard InChI is InChI=1S/C29H36N6O/c1-4-21-14-15-26-23(16-21)17-24(29(36)30-26)19-34(18-22-12-10-20(3)11-13-22)27(5-2)28-31-32-33-35(28)25-8-6-7-9-25/h10-17,25,27H,4-9,18-19H2,1-3H3,(H,30,36)/t27-/m1/s1. The molecule has 36 heavy (non-hydrogen) atoms. The van der Waals surface area contributed by atoms with Crippen molar-refractivity contribution in [3.05, 3.63) is 87.0 Å².